The van der Waals surface area contributed by atoms with Gasteiger partial charge < -0.3 is 4.40 Å². The molecule has 6 aromatic rings. The summed E-state index contributed by atoms with van der Waals surface area (Å²) >= 11 is 0. The average molecular weight is 500 g/mol. The molecular weight excluding hydrogens is 460 g/mol. The number of aromatic nitrogens is 2. The topological polar surface area (TPSA) is 8.29 Å². The van der Waals surface area contributed by atoms with Crippen molar-refractivity contribution >= 4 is 49.0 Å². The summed E-state index contributed by atoms with van der Waals surface area (Å²) in [7, 11) is 2.24. The molecule has 2 bridgehead atoms. The molecule has 3 aromatic heterocycles. The maximum Gasteiger partial charge on any atom is 0.224 e. The van der Waals surface area contributed by atoms with Crippen LogP contribution < -0.4 is 4.57 Å². The molecule has 2 fully saturated rings. The fraction of sp³-hybridized carbons (Fsp3) is 0.417. The van der Waals surface area contributed by atoms with E-state index in [0.717, 1.165) is 17.8 Å². The van der Waals surface area contributed by atoms with Gasteiger partial charge in [-0.05, 0) is 102 Å². The molecule has 8 rings (SSSR count). The van der Waals surface area contributed by atoms with Crippen LogP contribution in [0.5, 0.6) is 0 Å². The monoisotopic (exact) mass is 499 g/mol. The predicted molar refractivity (Wildman–Crippen MR) is 161 cm³/mol. The molecule has 0 spiro atoms. The normalized spacial score (nSPS) is 23.9. The first-order valence-corrected chi connectivity index (χ1v) is 14.7. The zero-order chi connectivity index (χ0) is 26.2. The number of pyridine rings is 2. The molecule has 2 aliphatic rings. The van der Waals surface area contributed by atoms with Crippen LogP contribution in [0.2, 0.25) is 0 Å². The number of aryl methyl sites for hydroxylation is 3. The van der Waals surface area contributed by atoms with Gasteiger partial charge in [0.1, 0.15) is 7.05 Å². The first-order valence-electron chi connectivity index (χ1n) is 14.7. The molecule has 4 atom stereocenters. The number of nitrogens with zero attached hydrogens (tertiary/aromatic N) is 2. The van der Waals surface area contributed by atoms with E-state index in [1.165, 1.54) is 85.0 Å². The number of fused-ring (bicyclic) bond motifs is 8. The molecule has 2 saturated carbocycles. The molecular formula is C36H39N2+. The Morgan fingerprint density at radius 3 is 2.42 bits per heavy atom. The minimum absolute atomic E-state index is 0.0296. The van der Waals surface area contributed by atoms with Crippen LogP contribution >= 0.6 is 0 Å². The number of para-hydroxylation sites is 1. The first kappa shape index (κ1) is 22.8. The van der Waals surface area contributed by atoms with Crippen LogP contribution in [-0.2, 0) is 12.5 Å². The smallest absolute Gasteiger partial charge is 0.224 e. The summed E-state index contributed by atoms with van der Waals surface area (Å²) in [4.78, 5) is 0. The van der Waals surface area contributed by atoms with Crippen LogP contribution in [-0.4, -0.2) is 4.40 Å². The third-order valence-electron chi connectivity index (χ3n) is 10.9. The highest BCUT2D eigenvalue weighted by atomic mass is 15.0. The number of hydrogen-bond donors (Lipinski definition) is 0. The van der Waals surface area contributed by atoms with Crippen molar-refractivity contribution in [3.8, 4) is 0 Å². The number of benzene rings is 3. The van der Waals surface area contributed by atoms with E-state index < -0.39 is 0 Å². The van der Waals surface area contributed by atoms with Crippen LogP contribution in [0.3, 0.4) is 0 Å². The average Bonchev–Trinajstić information content (AvgIpc) is 3.53. The molecule has 0 amide bonds. The van der Waals surface area contributed by atoms with Gasteiger partial charge in [-0.25, -0.2) is 4.57 Å². The first-order chi connectivity index (χ1) is 18.2. The fourth-order valence-corrected chi connectivity index (χ4v) is 8.90. The summed E-state index contributed by atoms with van der Waals surface area (Å²) < 4.78 is 5.07. The van der Waals surface area contributed by atoms with Gasteiger partial charge in [-0.3, -0.25) is 0 Å². The second-order valence-corrected chi connectivity index (χ2v) is 13.8. The summed E-state index contributed by atoms with van der Waals surface area (Å²) in [6, 6.07) is 16.7. The van der Waals surface area contributed by atoms with E-state index in [0.29, 0.717) is 5.92 Å². The molecule has 2 aliphatic carbocycles. The van der Waals surface area contributed by atoms with Gasteiger partial charge in [0.15, 0.2) is 6.20 Å². The van der Waals surface area contributed by atoms with Crippen molar-refractivity contribution in [2.75, 3.05) is 0 Å². The van der Waals surface area contributed by atoms with E-state index in [4.69, 9.17) is 0 Å². The second kappa shape index (κ2) is 7.29. The van der Waals surface area contributed by atoms with Gasteiger partial charge in [-0.15, -0.1) is 0 Å². The van der Waals surface area contributed by atoms with E-state index in [9.17, 15) is 0 Å². The van der Waals surface area contributed by atoms with Crippen LogP contribution in [0.15, 0.2) is 48.7 Å². The van der Waals surface area contributed by atoms with Crippen molar-refractivity contribution in [3.63, 3.8) is 0 Å². The summed E-state index contributed by atoms with van der Waals surface area (Å²) in [5.41, 5.74) is 11.5. The fourth-order valence-electron chi connectivity index (χ4n) is 8.90. The lowest BCUT2D eigenvalue weighted by atomic mass is 9.79. The third-order valence-corrected chi connectivity index (χ3v) is 10.9. The SMILES string of the molecule is Cc1cc(C(C)(C)C)c2c(c1C)c1c3c(cc[n+]1C)cc(C1CC4CCC1[C@H]4C)c1c4ccccc4n2c13. The molecule has 0 N–H and O–H groups in total. The highest BCUT2D eigenvalue weighted by molar-refractivity contribution is 6.28. The van der Waals surface area contributed by atoms with Crippen LogP contribution in [0, 0.1) is 31.6 Å². The van der Waals surface area contributed by atoms with E-state index in [1.807, 2.05) is 0 Å². The lowest BCUT2D eigenvalue weighted by Gasteiger charge is -2.26. The molecule has 0 saturated heterocycles. The van der Waals surface area contributed by atoms with Crippen LogP contribution in [0.4, 0.5) is 0 Å². The van der Waals surface area contributed by atoms with Gasteiger partial charge in [0.25, 0.3) is 0 Å². The van der Waals surface area contributed by atoms with E-state index in [2.05, 4.69) is 106 Å². The summed E-state index contributed by atoms with van der Waals surface area (Å²) in [6.07, 6.45) is 6.50. The summed E-state index contributed by atoms with van der Waals surface area (Å²) in [6.45, 7) is 14.3. The molecule has 3 heterocycles. The lowest BCUT2D eigenvalue weighted by Crippen LogP contribution is -2.29. The van der Waals surface area contributed by atoms with Crippen molar-refractivity contribution in [1.82, 2.24) is 4.40 Å². The predicted octanol–water partition coefficient (Wildman–Crippen LogP) is 8.88. The zero-order valence-corrected chi connectivity index (χ0v) is 23.9. The van der Waals surface area contributed by atoms with Gasteiger partial charge in [0, 0.05) is 16.8 Å². The number of rotatable bonds is 1. The Kier molecular flexibility index (Phi) is 4.38. The van der Waals surface area contributed by atoms with E-state index >= 15 is 0 Å². The van der Waals surface area contributed by atoms with Gasteiger partial charge in [-0.2, -0.15) is 0 Å². The molecule has 2 heteroatoms. The van der Waals surface area contributed by atoms with Crippen molar-refractivity contribution < 1.29 is 4.57 Å². The van der Waals surface area contributed by atoms with E-state index in [-0.39, 0.29) is 5.41 Å². The highest BCUT2D eigenvalue weighted by Crippen LogP contribution is 2.58. The molecule has 3 aromatic carbocycles. The van der Waals surface area contributed by atoms with Crippen molar-refractivity contribution in [2.45, 2.75) is 72.1 Å². The molecule has 2 nitrogen and oxygen atoms in total. The maximum absolute atomic E-state index is 2.68. The zero-order valence-electron chi connectivity index (χ0n) is 23.9. The quantitative estimate of drug-likeness (QED) is 0.121. The Hall–Kier alpha value is -3.13. The van der Waals surface area contributed by atoms with Crippen molar-refractivity contribution in [3.05, 3.63) is 70.9 Å². The van der Waals surface area contributed by atoms with Crippen LogP contribution in [0.25, 0.3) is 49.0 Å². The van der Waals surface area contributed by atoms with Gasteiger partial charge in [0.05, 0.1) is 27.3 Å². The Morgan fingerprint density at radius 1 is 0.921 bits per heavy atom. The summed E-state index contributed by atoms with van der Waals surface area (Å²) in [5, 5.41) is 7.21. The number of hydrogen-bond acceptors (Lipinski definition) is 0. The Morgan fingerprint density at radius 2 is 1.71 bits per heavy atom. The minimum atomic E-state index is 0.0296. The molecule has 3 unspecified atom stereocenters. The molecule has 0 aliphatic heterocycles. The standard InChI is InChI=1S/C36H39N2/c1-19-16-28(36(4,5)6)33-30(20(19)2)34-31-23(14-15-37(34)7)18-27(26-17-22-12-13-24(26)21(22)3)32-25-10-8-9-11-29(25)38(33)35(31)32/h8-11,14-16,18,21-22,24,26H,12-13,17H2,1-7H3/q+1/t21-,22?,24?,26?/m0/s1. The minimum Gasteiger partial charge on any atom is -0.307 e. The molecule has 0 radical (unpaired) electrons. The maximum atomic E-state index is 2.68. The lowest BCUT2D eigenvalue weighted by molar-refractivity contribution is -0.643. The van der Waals surface area contributed by atoms with Crippen LogP contribution in [0.1, 0.15) is 75.1 Å². The van der Waals surface area contributed by atoms with Gasteiger partial charge >= 0.3 is 0 Å². The highest BCUT2D eigenvalue weighted by Gasteiger charge is 2.47. The van der Waals surface area contributed by atoms with Gasteiger partial charge in [-0.1, -0.05) is 52.0 Å². The Bertz CT molecular complexity index is 1950. The summed E-state index contributed by atoms with van der Waals surface area (Å²) in [5.74, 6) is 3.26. The molecule has 38 heavy (non-hydrogen) atoms. The second-order valence-electron chi connectivity index (χ2n) is 13.8. The van der Waals surface area contributed by atoms with Gasteiger partial charge in [0.2, 0.25) is 5.52 Å². The molecule has 192 valence electrons. The third kappa shape index (κ3) is 2.67. The Balaban J connectivity index is 1.70. The van der Waals surface area contributed by atoms with Crippen molar-refractivity contribution in [2.24, 2.45) is 24.8 Å². The largest absolute Gasteiger partial charge is 0.307 e. The van der Waals surface area contributed by atoms with Crippen molar-refractivity contribution in [1.29, 1.82) is 0 Å². The van der Waals surface area contributed by atoms with E-state index in [1.54, 1.807) is 5.56 Å². The Labute approximate surface area is 225 Å².